The first-order chi connectivity index (χ1) is 8.98. The number of piperidine rings is 1. The third-order valence-electron chi connectivity index (χ3n) is 4.33. The molecule has 112 valence electrons. The minimum Gasteiger partial charge on any atom is -0.396 e. The van der Waals surface area contributed by atoms with Crippen molar-refractivity contribution in [1.82, 2.24) is 10.2 Å². The molecule has 0 aromatic rings. The molecule has 2 fully saturated rings. The SMILES string of the molecule is OCC1CCCC1NC1CCN(CC(F)(F)F)CC1. The lowest BCUT2D eigenvalue weighted by Gasteiger charge is -2.35. The summed E-state index contributed by atoms with van der Waals surface area (Å²) in [7, 11) is 0. The number of nitrogens with one attached hydrogen (secondary N) is 1. The molecule has 2 unspecified atom stereocenters. The number of alkyl halides is 3. The Bertz CT molecular complexity index is 278. The zero-order valence-electron chi connectivity index (χ0n) is 11.1. The minimum absolute atomic E-state index is 0.213. The van der Waals surface area contributed by atoms with Crippen LogP contribution in [0.25, 0.3) is 0 Å². The molecule has 2 N–H and O–H groups in total. The fourth-order valence-corrected chi connectivity index (χ4v) is 3.29. The molecule has 19 heavy (non-hydrogen) atoms. The van der Waals surface area contributed by atoms with Crippen molar-refractivity contribution >= 4 is 0 Å². The van der Waals surface area contributed by atoms with E-state index in [9.17, 15) is 18.3 Å². The monoisotopic (exact) mass is 280 g/mol. The molecule has 1 heterocycles. The molecule has 2 rings (SSSR count). The number of hydrogen-bond acceptors (Lipinski definition) is 3. The van der Waals surface area contributed by atoms with Crippen LogP contribution >= 0.6 is 0 Å². The number of halogens is 3. The lowest BCUT2D eigenvalue weighted by molar-refractivity contribution is -0.148. The number of rotatable bonds is 4. The van der Waals surface area contributed by atoms with Gasteiger partial charge in [0.1, 0.15) is 0 Å². The predicted molar refractivity (Wildman–Crippen MR) is 66.9 cm³/mol. The van der Waals surface area contributed by atoms with E-state index in [4.69, 9.17) is 0 Å². The molecule has 0 aromatic heterocycles. The molecule has 0 radical (unpaired) electrons. The highest BCUT2D eigenvalue weighted by Gasteiger charge is 2.34. The Labute approximate surface area is 112 Å². The van der Waals surface area contributed by atoms with E-state index in [-0.39, 0.29) is 6.61 Å². The quantitative estimate of drug-likeness (QED) is 0.824. The van der Waals surface area contributed by atoms with Gasteiger partial charge in [-0.1, -0.05) is 6.42 Å². The standard InChI is InChI=1S/C13H23F3N2O/c14-13(15,16)9-18-6-4-11(5-7-18)17-12-3-1-2-10(12)8-19/h10-12,17,19H,1-9H2. The molecule has 0 amide bonds. The first-order valence-corrected chi connectivity index (χ1v) is 7.14. The number of likely N-dealkylation sites (tertiary alicyclic amines) is 1. The van der Waals surface area contributed by atoms with Crippen molar-refractivity contribution in [3.05, 3.63) is 0 Å². The van der Waals surface area contributed by atoms with E-state index in [1.54, 1.807) is 0 Å². The van der Waals surface area contributed by atoms with Crippen molar-refractivity contribution in [2.75, 3.05) is 26.2 Å². The van der Waals surface area contributed by atoms with E-state index in [2.05, 4.69) is 5.32 Å². The van der Waals surface area contributed by atoms with E-state index in [1.807, 2.05) is 0 Å². The van der Waals surface area contributed by atoms with E-state index in [1.165, 1.54) is 4.90 Å². The molecule has 0 spiro atoms. The van der Waals surface area contributed by atoms with Crippen molar-refractivity contribution in [1.29, 1.82) is 0 Å². The van der Waals surface area contributed by atoms with Crippen LogP contribution in [0.5, 0.6) is 0 Å². The van der Waals surface area contributed by atoms with Gasteiger partial charge in [0.2, 0.25) is 0 Å². The average Bonchev–Trinajstić information content (AvgIpc) is 2.77. The molecule has 2 aliphatic rings. The number of aliphatic hydroxyl groups excluding tert-OH is 1. The average molecular weight is 280 g/mol. The Kier molecular flexibility index (Phi) is 5.09. The molecule has 6 heteroatoms. The summed E-state index contributed by atoms with van der Waals surface area (Å²) in [5.74, 6) is 0.327. The zero-order valence-corrected chi connectivity index (χ0v) is 11.1. The van der Waals surface area contributed by atoms with Gasteiger partial charge < -0.3 is 10.4 Å². The normalized spacial score (nSPS) is 30.9. The van der Waals surface area contributed by atoms with Gasteiger partial charge in [0.15, 0.2) is 0 Å². The highest BCUT2D eigenvalue weighted by atomic mass is 19.4. The van der Waals surface area contributed by atoms with Gasteiger partial charge in [0, 0.05) is 18.7 Å². The van der Waals surface area contributed by atoms with Gasteiger partial charge in [-0.3, -0.25) is 4.90 Å². The fraction of sp³-hybridized carbons (Fsp3) is 1.00. The van der Waals surface area contributed by atoms with Gasteiger partial charge in [-0.05, 0) is 44.7 Å². The second-order valence-electron chi connectivity index (χ2n) is 5.81. The van der Waals surface area contributed by atoms with Crippen molar-refractivity contribution in [3.8, 4) is 0 Å². The zero-order chi connectivity index (χ0) is 13.9. The summed E-state index contributed by atoms with van der Waals surface area (Å²) in [5, 5.41) is 12.8. The molecule has 1 aliphatic carbocycles. The Hall–Kier alpha value is -0.330. The van der Waals surface area contributed by atoms with Crippen molar-refractivity contribution in [2.45, 2.75) is 50.4 Å². The molecule has 0 aromatic carbocycles. The summed E-state index contributed by atoms with van der Waals surface area (Å²) >= 11 is 0. The van der Waals surface area contributed by atoms with Gasteiger partial charge in [-0.25, -0.2) is 0 Å². The van der Waals surface area contributed by atoms with E-state index >= 15 is 0 Å². The highest BCUT2D eigenvalue weighted by molar-refractivity contribution is 4.87. The van der Waals surface area contributed by atoms with Crippen LogP contribution in [0.1, 0.15) is 32.1 Å². The van der Waals surface area contributed by atoms with Crippen molar-refractivity contribution < 1.29 is 18.3 Å². The lowest BCUT2D eigenvalue weighted by atomic mass is 9.99. The molecule has 1 saturated carbocycles. The summed E-state index contributed by atoms with van der Waals surface area (Å²) in [6, 6.07) is 0.658. The highest BCUT2D eigenvalue weighted by Crippen LogP contribution is 2.27. The van der Waals surface area contributed by atoms with Crippen LogP contribution in [0.4, 0.5) is 13.2 Å². The van der Waals surface area contributed by atoms with Crippen LogP contribution in [0.2, 0.25) is 0 Å². The van der Waals surface area contributed by atoms with Gasteiger partial charge in [-0.2, -0.15) is 13.2 Å². The molecule has 3 nitrogen and oxygen atoms in total. The second kappa shape index (κ2) is 6.41. The molecule has 0 bridgehead atoms. The molecular weight excluding hydrogens is 257 g/mol. The first kappa shape index (κ1) is 15.1. The maximum atomic E-state index is 12.3. The Morgan fingerprint density at radius 1 is 1.11 bits per heavy atom. The van der Waals surface area contributed by atoms with Gasteiger partial charge in [0.05, 0.1) is 6.54 Å². The van der Waals surface area contributed by atoms with Crippen molar-refractivity contribution in [3.63, 3.8) is 0 Å². The van der Waals surface area contributed by atoms with E-state index < -0.39 is 12.7 Å². The van der Waals surface area contributed by atoms with Crippen LogP contribution in [0.3, 0.4) is 0 Å². The number of nitrogens with zero attached hydrogens (tertiary/aromatic N) is 1. The first-order valence-electron chi connectivity index (χ1n) is 7.14. The fourth-order valence-electron chi connectivity index (χ4n) is 3.29. The van der Waals surface area contributed by atoms with Crippen LogP contribution < -0.4 is 5.32 Å². The molecular formula is C13H23F3N2O. The molecule has 1 aliphatic heterocycles. The summed E-state index contributed by atoms with van der Waals surface area (Å²) in [4.78, 5) is 1.48. The van der Waals surface area contributed by atoms with Crippen molar-refractivity contribution in [2.24, 2.45) is 5.92 Å². The topological polar surface area (TPSA) is 35.5 Å². The molecule has 2 atom stereocenters. The summed E-state index contributed by atoms with van der Waals surface area (Å²) in [6.45, 7) is 0.439. The predicted octanol–water partition coefficient (Wildman–Crippen LogP) is 1.76. The van der Waals surface area contributed by atoms with Gasteiger partial charge in [-0.15, -0.1) is 0 Å². The van der Waals surface area contributed by atoms with Crippen LogP contribution in [-0.2, 0) is 0 Å². The minimum atomic E-state index is -4.09. The third-order valence-corrected chi connectivity index (χ3v) is 4.33. The Morgan fingerprint density at radius 2 is 1.79 bits per heavy atom. The maximum absolute atomic E-state index is 12.3. The largest absolute Gasteiger partial charge is 0.401 e. The van der Waals surface area contributed by atoms with Crippen LogP contribution in [-0.4, -0.2) is 54.5 Å². The molecule has 1 saturated heterocycles. The van der Waals surface area contributed by atoms with Crippen LogP contribution in [0.15, 0.2) is 0 Å². The van der Waals surface area contributed by atoms with E-state index in [0.29, 0.717) is 31.1 Å². The number of hydrogen-bond donors (Lipinski definition) is 2. The number of aliphatic hydroxyl groups is 1. The van der Waals surface area contributed by atoms with Crippen LogP contribution in [0, 0.1) is 5.92 Å². The third kappa shape index (κ3) is 4.61. The smallest absolute Gasteiger partial charge is 0.396 e. The summed E-state index contributed by atoms with van der Waals surface area (Å²) in [6.07, 6.45) is 0.716. The maximum Gasteiger partial charge on any atom is 0.401 e. The van der Waals surface area contributed by atoms with Gasteiger partial charge in [0.25, 0.3) is 0 Å². The Morgan fingerprint density at radius 3 is 2.37 bits per heavy atom. The second-order valence-corrected chi connectivity index (χ2v) is 5.81. The summed E-state index contributed by atoms with van der Waals surface area (Å²) in [5.41, 5.74) is 0. The van der Waals surface area contributed by atoms with E-state index in [0.717, 1.165) is 32.1 Å². The Balaban J connectivity index is 1.71. The lowest BCUT2D eigenvalue weighted by Crippen LogP contribution is -2.49. The van der Waals surface area contributed by atoms with Gasteiger partial charge >= 0.3 is 6.18 Å². The summed E-state index contributed by atoms with van der Waals surface area (Å²) < 4.78 is 36.8.